The second-order valence-electron chi connectivity index (χ2n) is 5.51. The summed E-state index contributed by atoms with van der Waals surface area (Å²) in [5.74, 6) is 0.161. The number of hydrogen-bond donors (Lipinski definition) is 2. The average Bonchev–Trinajstić information content (AvgIpc) is 3.10. The number of carbonyl (C=O) groups is 1. The number of thioether (sulfide) groups is 1. The van der Waals surface area contributed by atoms with Crippen LogP contribution in [0.15, 0.2) is 52.9 Å². The second-order valence-corrected chi connectivity index (χ2v) is 8.14. The topological polar surface area (TPSA) is 66.9 Å². The van der Waals surface area contributed by atoms with Gasteiger partial charge in [0.05, 0.1) is 5.75 Å². The van der Waals surface area contributed by atoms with Crippen molar-refractivity contribution >= 4 is 51.4 Å². The summed E-state index contributed by atoms with van der Waals surface area (Å²) in [6, 6.07) is 15.5. The number of nitrogens with one attached hydrogen (secondary N) is 2. The van der Waals surface area contributed by atoms with Gasteiger partial charge < -0.3 is 10.6 Å². The molecular weight excluding hydrogens is 388 g/mol. The first kappa shape index (κ1) is 18.7. The van der Waals surface area contributed by atoms with Gasteiger partial charge in [-0.25, -0.2) is 0 Å². The van der Waals surface area contributed by atoms with E-state index < -0.39 is 0 Å². The van der Waals surface area contributed by atoms with Crippen LogP contribution in [0.3, 0.4) is 0 Å². The molecule has 0 atom stereocenters. The van der Waals surface area contributed by atoms with E-state index in [4.69, 9.17) is 11.6 Å². The van der Waals surface area contributed by atoms with Crippen LogP contribution in [0.2, 0.25) is 5.02 Å². The maximum absolute atomic E-state index is 12.1. The molecule has 0 fully saturated rings. The predicted molar refractivity (Wildman–Crippen MR) is 109 cm³/mol. The Balaban J connectivity index is 1.48. The van der Waals surface area contributed by atoms with Gasteiger partial charge in [0, 0.05) is 17.3 Å². The van der Waals surface area contributed by atoms with Gasteiger partial charge in [-0.1, -0.05) is 71.1 Å². The van der Waals surface area contributed by atoms with Crippen LogP contribution in [-0.2, 0) is 11.3 Å². The lowest BCUT2D eigenvalue weighted by Gasteiger charge is -2.08. The molecule has 1 amide bonds. The summed E-state index contributed by atoms with van der Waals surface area (Å²) in [7, 11) is 0. The number of rotatable bonds is 7. The zero-order valence-electron chi connectivity index (χ0n) is 14.0. The highest BCUT2D eigenvalue weighted by atomic mass is 35.5. The summed E-state index contributed by atoms with van der Waals surface area (Å²) in [6.07, 6.45) is 0. The lowest BCUT2D eigenvalue weighted by molar-refractivity contribution is -0.113. The minimum Gasteiger partial charge on any atom is -0.356 e. The smallest absolute Gasteiger partial charge is 0.234 e. The van der Waals surface area contributed by atoms with Gasteiger partial charge in [-0.3, -0.25) is 4.79 Å². The Morgan fingerprint density at radius 2 is 2.00 bits per heavy atom. The van der Waals surface area contributed by atoms with Crippen molar-refractivity contribution in [2.75, 3.05) is 16.4 Å². The van der Waals surface area contributed by atoms with Crippen molar-refractivity contribution in [3.63, 3.8) is 0 Å². The molecule has 0 bridgehead atoms. The van der Waals surface area contributed by atoms with E-state index in [1.54, 1.807) is 12.1 Å². The number of halogens is 1. The number of benzene rings is 2. The van der Waals surface area contributed by atoms with Gasteiger partial charge in [0.1, 0.15) is 0 Å². The van der Waals surface area contributed by atoms with E-state index in [2.05, 4.69) is 20.8 Å². The van der Waals surface area contributed by atoms with Crippen molar-refractivity contribution < 1.29 is 4.79 Å². The minimum absolute atomic E-state index is 0.102. The zero-order valence-corrected chi connectivity index (χ0v) is 16.4. The van der Waals surface area contributed by atoms with Gasteiger partial charge in [0.25, 0.3) is 0 Å². The molecule has 26 heavy (non-hydrogen) atoms. The van der Waals surface area contributed by atoms with E-state index in [-0.39, 0.29) is 11.7 Å². The normalized spacial score (nSPS) is 10.5. The molecule has 0 saturated carbocycles. The SMILES string of the molecule is Cc1ccc(Cl)cc1NC(=O)CSc1nnc(NCc2ccccc2)s1. The molecule has 0 unspecified atom stereocenters. The van der Waals surface area contributed by atoms with Crippen molar-refractivity contribution in [2.24, 2.45) is 0 Å². The van der Waals surface area contributed by atoms with Crippen LogP contribution in [0.1, 0.15) is 11.1 Å². The predicted octanol–water partition coefficient (Wildman–Crippen LogP) is 4.84. The standard InChI is InChI=1S/C18H17ClN4OS2/c1-12-7-8-14(19)9-15(12)21-16(24)11-25-18-23-22-17(26-18)20-10-13-5-3-2-4-6-13/h2-9H,10-11H2,1H3,(H,20,22)(H,21,24). The van der Waals surface area contributed by atoms with E-state index in [1.165, 1.54) is 28.7 Å². The van der Waals surface area contributed by atoms with Gasteiger partial charge in [0.2, 0.25) is 11.0 Å². The third kappa shape index (κ3) is 5.45. The summed E-state index contributed by atoms with van der Waals surface area (Å²) in [4.78, 5) is 12.1. The highest BCUT2D eigenvalue weighted by molar-refractivity contribution is 8.01. The number of carbonyl (C=O) groups excluding carboxylic acids is 1. The van der Waals surface area contributed by atoms with Crippen LogP contribution in [0.4, 0.5) is 10.8 Å². The monoisotopic (exact) mass is 404 g/mol. The molecule has 1 aromatic heterocycles. The van der Waals surface area contributed by atoms with Crippen molar-refractivity contribution in [3.05, 3.63) is 64.7 Å². The third-order valence-electron chi connectivity index (χ3n) is 3.49. The highest BCUT2D eigenvalue weighted by Gasteiger charge is 2.10. The molecule has 2 N–H and O–H groups in total. The molecule has 5 nitrogen and oxygen atoms in total. The van der Waals surface area contributed by atoms with Gasteiger partial charge in [-0.2, -0.15) is 0 Å². The quantitative estimate of drug-likeness (QED) is 0.551. The minimum atomic E-state index is -0.102. The summed E-state index contributed by atoms with van der Waals surface area (Å²) < 4.78 is 0.749. The molecule has 2 aromatic carbocycles. The molecule has 0 radical (unpaired) electrons. The van der Waals surface area contributed by atoms with E-state index in [9.17, 15) is 4.79 Å². The first-order valence-electron chi connectivity index (χ1n) is 7.90. The Labute approximate surface area is 165 Å². The van der Waals surface area contributed by atoms with Gasteiger partial charge in [-0.15, -0.1) is 10.2 Å². The van der Waals surface area contributed by atoms with Gasteiger partial charge >= 0.3 is 0 Å². The third-order valence-corrected chi connectivity index (χ3v) is 5.74. The number of aromatic nitrogens is 2. The molecular formula is C18H17ClN4OS2. The second kappa shape index (κ2) is 9.02. The Morgan fingerprint density at radius 1 is 1.19 bits per heavy atom. The lowest BCUT2D eigenvalue weighted by Crippen LogP contribution is -2.14. The molecule has 0 spiro atoms. The van der Waals surface area contributed by atoms with Crippen molar-refractivity contribution in [3.8, 4) is 0 Å². The van der Waals surface area contributed by atoms with Crippen molar-refractivity contribution in [2.45, 2.75) is 17.8 Å². The van der Waals surface area contributed by atoms with Crippen LogP contribution >= 0.6 is 34.7 Å². The number of aryl methyl sites for hydroxylation is 1. The number of amides is 1. The Kier molecular flexibility index (Phi) is 6.49. The Hall–Kier alpha value is -2.09. The van der Waals surface area contributed by atoms with E-state index >= 15 is 0 Å². The molecule has 8 heteroatoms. The fourth-order valence-corrected chi connectivity index (χ4v) is 3.88. The molecule has 134 valence electrons. The molecule has 0 saturated heterocycles. The van der Waals surface area contributed by atoms with E-state index in [0.717, 1.165) is 20.7 Å². The van der Waals surface area contributed by atoms with E-state index in [1.807, 2.05) is 43.3 Å². The lowest BCUT2D eigenvalue weighted by atomic mass is 10.2. The van der Waals surface area contributed by atoms with Gasteiger partial charge in [0.15, 0.2) is 4.34 Å². The molecule has 0 aliphatic heterocycles. The number of hydrogen-bond acceptors (Lipinski definition) is 6. The van der Waals surface area contributed by atoms with E-state index in [0.29, 0.717) is 11.6 Å². The van der Waals surface area contributed by atoms with Crippen LogP contribution in [0, 0.1) is 6.92 Å². The Bertz CT molecular complexity index is 886. The van der Waals surface area contributed by atoms with Crippen molar-refractivity contribution in [1.82, 2.24) is 10.2 Å². The Morgan fingerprint density at radius 3 is 2.81 bits per heavy atom. The van der Waals surface area contributed by atoms with Gasteiger partial charge in [-0.05, 0) is 30.2 Å². The van der Waals surface area contributed by atoms with Crippen LogP contribution in [0.5, 0.6) is 0 Å². The maximum Gasteiger partial charge on any atom is 0.234 e. The maximum atomic E-state index is 12.1. The average molecular weight is 405 g/mol. The van der Waals surface area contributed by atoms with Crippen LogP contribution in [-0.4, -0.2) is 21.9 Å². The number of nitrogens with zero attached hydrogens (tertiary/aromatic N) is 2. The first-order chi connectivity index (χ1) is 12.6. The summed E-state index contributed by atoms with van der Waals surface area (Å²) in [6.45, 7) is 2.61. The fourth-order valence-electron chi connectivity index (χ4n) is 2.16. The number of anilines is 2. The summed E-state index contributed by atoms with van der Waals surface area (Å²) in [5, 5.41) is 15.7. The zero-order chi connectivity index (χ0) is 18.4. The summed E-state index contributed by atoms with van der Waals surface area (Å²) in [5.41, 5.74) is 2.87. The molecule has 0 aliphatic carbocycles. The van der Waals surface area contributed by atoms with Crippen LogP contribution < -0.4 is 10.6 Å². The fraction of sp³-hybridized carbons (Fsp3) is 0.167. The van der Waals surface area contributed by atoms with Crippen LogP contribution in [0.25, 0.3) is 0 Å². The molecule has 3 rings (SSSR count). The highest BCUT2D eigenvalue weighted by Crippen LogP contribution is 2.26. The first-order valence-corrected chi connectivity index (χ1v) is 10.1. The summed E-state index contributed by atoms with van der Waals surface area (Å²) >= 11 is 8.76. The molecule has 1 heterocycles. The molecule has 0 aliphatic rings. The largest absolute Gasteiger partial charge is 0.356 e. The van der Waals surface area contributed by atoms with Crippen molar-refractivity contribution in [1.29, 1.82) is 0 Å². The molecule has 3 aromatic rings.